The SMILES string of the molecule is Cc1ccc(-c2ccc(/C=N\Nc3nc4ccccc4[nH]3)o2)cc1Br. The molecule has 25 heavy (non-hydrogen) atoms. The second-order valence-electron chi connectivity index (χ2n) is 5.64. The Bertz CT molecular complexity index is 1030. The molecule has 0 saturated carbocycles. The fraction of sp³-hybridized carbons (Fsp3) is 0.0526. The van der Waals surface area contributed by atoms with Crippen molar-refractivity contribution in [3.8, 4) is 11.3 Å². The summed E-state index contributed by atoms with van der Waals surface area (Å²) in [6, 6.07) is 17.8. The zero-order valence-corrected chi connectivity index (χ0v) is 15.0. The Kier molecular flexibility index (Phi) is 4.11. The minimum atomic E-state index is 0.590. The topological polar surface area (TPSA) is 66.2 Å². The molecule has 0 bridgehead atoms. The second kappa shape index (κ2) is 6.57. The normalized spacial score (nSPS) is 11.4. The van der Waals surface area contributed by atoms with Crippen molar-refractivity contribution in [2.75, 3.05) is 5.43 Å². The summed E-state index contributed by atoms with van der Waals surface area (Å²) < 4.78 is 6.88. The molecule has 0 radical (unpaired) electrons. The van der Waals surface area contributed by atoms with Crippen molar-refractivity contribution in [3.05, 3.63) is 70.4 Å². The number of halogens is 1. The molecule has 2 N–H and O–H groups in total. The minimum Gasteiger partial charge on any atom is -0.455 e. The number of hydrazone groups is 1. The fourth-order valence-corrected chi connectivity index (χ4v) is 2.87. The molecule has 124 valence electrons. The Labute approximate surface area is 152 Å². The van der Waals surface area contributed by atoms with Crippen LogP contribution >= 0.6 is 15.9 Å². The lowest BCUT2D eigenvalue weighted by molar-refractivity contribution is 0.575. The monoisotopic (exact) mass is 394 g/mol. The van der Waals surface area contributed by atoms with Crippen molar-refractivity contribution in [2.24, 2.45) is 5.10 Å². The number of rotatable bonds is 4. The van der Waals surface area contributed by atoms with Crippen molar-refractivity contribution >= 4 is 39.1 Å². The number of imidazole rings is 1. The van der Waals surface area contributed by atoms with Crippen LogP contribution in [0.2, 0.25) is 0 Å². The van der Waals surface area contributed by atoms with Gasteiger partial charge in [0, 0.05) is 10.0 Å². The van der Waals surface area contributed by atoms with Crippen LogP contribution in [0.3, 0.4) is 0 Å². The molecule has 0 fully saturated rings. The molecule has 0 aliphatic heterocycles. The van der Waals surface area contributed by atoms with E-state index in [2.05, 4.69) is 49.4 Å². The molecule has 0 amide bonds. The summed E-state index contributed by atoms with van der Waals surface area (Å²) in [5, 5.41) is 4.17. The maximum absolute atomic E-state index is 5.82. The van der Waals surface area contributed by atoms with Crippen LogP contribution in [-0.4, -0.2) is 16.2 Å². The summed E-state index contributed by atoms with van der Waals surface area (Å²) >= 11 is 3.54. The number of fused-ring (bicyclic) bond motifs is 1. The van der Waals surface area contributed by atoms with Crippen molar-refractivity contribution in [1.82, 2.24) is 9.97 Å². The van der Waals surface area contributed by atoms with Gasteiger partial charge in [0.2, 0.25) is 5.95 Å². The lowest BCUT2D eigenvalue weighted by Gasteiger charge is -2.01. The summed E-state index contributed by atoms with van der Waals surface area (Å²) in [5.74, 6) is 2.05. The number of hydrogen-bond acceptors (Lipinski definition) is 4. The Balaban J connectivity index is 1.48. The number of hydrogen-bond donors (Lipinski definition) is 2. The molecule has 0 unspecified atom stereocenters. The van der Waals surface area contributed by atoms with Gasteiger partial charge in [-0.15, -0.1) is 0 Å². The number of nitrogens with zero attached hydrogens (tertiary/aromatic N) is 2. The largest absolute Gasteiger partial charge is 0.455 e. The van der Waals surface area contributed by atoms with Gasteiger partial charge in [0.1, 0.15) is 11.5 Å². The first-order valence-electron chi connectivity index (χ1n) is 7.79. The molecule has 5 nitrogen and oxygen atoms in total. The predicted molar refractivity (Wildman–Crippen MR) is 104 cm³/mol. The third-order valence-electron chi connectivity index (χ3n) is 3.83. The Hall–Kier alpha value is -2.86. The van der Waals surface area contributed by atoms with Gasteiger partial charge in [-0.05, 0) is 42.8 Å². The first-order valence-corrected chi connectivity index (χ1v) is 8.58. The molecule has 2 aromatic carbocycles. The summed E-state index contributed by atoms with van der Waals surface area (Å²) in [4.78, 5) is 7.55. The quantitative estimate of drug-likeness (QED) is 0.362. The van der Waals surface area contributed by atoms with Crippen LogP contribution < -0.4 is 5.43 Å². The Morgan fingerprint density at radius 3 is 2.88 bits per heavy atom. The van der Waals surface area contributed by atoms with Crippen LogP contribution in [0.1, 0.15) is 11.3 Å². The number of aromatic nitrogens is 2. The van der Waals surface area contributed by atoms with Crippen molar-refractivity contribution in [2.45, 2.75) is 6.92 Å². The van der Waals surface area contributed by atoms with Gasteiger partial charge in [0.15, 0.2) is 0 Å². The van der Waals surface area contributed by atoms with Gasteiger partial charge in [0.25, 0.3) is 0 Å². The molecular formula is C19H15BrN4O. The maximum atomic E-state index is 5.82. The molecule has 0 spiro atoms. The van der Waals surface area contributed by atoms with Crippen LogP contribution in [0.15, 0.2) is 68.6 Å². The molecule has 6 heteroatoms. The third kappa shape index (κ3) is 3.34. The van der Waals surface area contributed by atoms with E-state index in [1.165, 1.54) is 5.56 Å². The molecule has 0 aliphatic carbocycles. The zero-order valence-electron chi connectivity index (χ0n) is 13.5. The van der Waals surface area contributed by atoms with Crippen LogP contribution in [0, 0.1) is 6.92 Å². The van der Waals surface area contributed by atoms with E-state index in [0.29, 0.717) is 11.7 Å². The molecule has 4 rings (SSSR count). The maximum Gasteiger partial charge on any atom is 0.222 e. The van der Waals surface area contributed by atoms with Gasteiger partial charge in [-0.3, -0.25) is 0 Å². The standard InChI is InChI=1S/C19H15BrN4O/c1-12-6-7-13(10-15(12)20)18-9-8-14(25-18)11-21-24-19-22-16-4-2-3-5-17(16)23-19/h2-11H,1H3,(H2,22,23,24)/b21-11-. The van der Waals surface area contributed by atoms with Gasteiger partial charge in [-0.1, -0.05) is 40.2 Å². The smallest absolute Gasteiger partial charge is 0.222 e. The first kappa shape index (κ1) is 15.7. The third-order valence-corrected chi connectivity index (χ3v) is 4.69. The van der Waals surface area contributed by atoms with Gasteiger partial charge in [-0.25, -0.2) is 10.4 Å². The summed E-state index contributed by atoms with van der Waals surface area (Å²) in [5.41, 5.74) is 6.94. The summed E-state index contributed by atoms with van der Waals surface area (Å²) in [6.45, 7) is 2.05. The predicted octanol–water partition coefficient (Wildman–Crippen LogP) is 5.34. The number of benzene rings is 2. The van der Waals surface area contributed by atoms with Crippen LogP contribution in [0.25, 0.3) is 22.4 Å². The van der Waals surface area contributed by atoms with Crippen LogP contribution in [0.5, 0.6) is 0 Å². The molecule has 0 aliphatic rings. The second-order valence-corrected chi connectivity index (χ2v) is 6.49. The lowest BCUT2D eigenvalue weighted by atomic mass is 10.1. The highest BCUT2D eigenvalue weighted by Gasteiger charge is 2.05. The Morgan fingerprint density at radius 1 is 1.16 bits per heavy atom. The highest BCUT2D eigenvalue weighted by Crippen LogP contribution is 2.26. The van der Waals surface area contributed by atoms with Gasteiger partial charge in [0.05, 0.1) is 17.2 Å². The van der Waals surface area contributed by atoms with E-state index in [4.69, 9.17) is 4.42 Å². The van der Waals surface area contributed by atoms with Crippen LogP contribution in [-0.2, 0) is 0 Å². The number of nitrogens with one attached hydrogen (secondary N) is 2. The van der Waals surface area contributed by atoms with Gasteiger partial charge >= 0.3 is 0 Å². The van der Waals surface area contributed by atoms with Crippen molar-refractivity contribution < 1.29 is 4.42 Å². The Morgan fingerprint density at radius 2 is 2.04 bits per heavy atom. The first-order chi connectivity index (χ1) is 12.2. The van der Waals surface area contributed by atoms with Gasteiger partial charge in [-0.2, -0.15) is 5.10 Å². The van der Waals surface area contributed by atoms with E-state index < -0.39 is 0 Å². The molecule has 4 aromatic rings. The van der Waals surface area contributed by atoms with E-state index in [1.807, 2.05) is 48.5 Å². The number of H-pyrrole nitrogens is 1. The molecular weight excluding hydrogens is 380 g/mol. The van der Waals surface area contributed by atoms with E-state index in [9.17, 15) is 0 Å². The van der Waals surface area contributed by atoms with Crippen LogP contribution in [0.4, 0.5) is 5.95 Å². The number of aryl methyl sites for hydroxylation is 1. The summed E-state index contributed by atoms with van der Waals surface area (Å²) in [6.07, 6.45) is 1.62. The average molecular weight is 395 g/mol. The fourth-order valence-electron chi connectivity index (χ4n) is 2.49. The van der Waals surface area contributed by atoms with E-state index >= 15 is 0 Å². The molecule has 0 saturated heterocycles. The molecule has 2 aromatic heterocycles. The van der Waals surface area contributed by atoms with Gasteiger partial charge < -0.3 is 9.40 Å². The number of para-hydroxylation sites is 2. The number of aromatic amines is 1. The minimum absolute atomic E-state index is 0.590. The molecule has 2 heterocycles. The van der Waals surface area contributed by atoms with Crippen molar-refractivity contribution in [3.63, 3.8) is 0 Å². The average Bonchev–Trinajstić information content (AvgIpc) is 3.24. The van der Waals surface area contributed by atoms with Crippen molar-refractivity contribution in [1.29, 1.82) is 0 Å². The van der Waals surface area contributed by atoms with E-state index in [-0.39, 0.29) is 0 Å². The summed E-state index contributed by atoms with van der Waals surface area (Å²) in [7, 11) is 0. The zero-order chi connectivity index (χ0) is 17.2. The number of anilines is 1. The highest BCUT2D eigenvalue weighted by molar-refractivity contribution is 9.10. The van der Waals surface area contributed by atoms with E-state index in [0.717, 1.165) is 26.8 Å². The lowest BCUT2D eigenvalue weighted by Crippen LogP contribution is -1.91. The number of furan rings is 1. The molecule has 0 atom stereocenters. The highest BCUT2D eigenvalue weighted by atomic mass is 79.9. The van der Waals surface area contributed by atoms with E-state index in [1.54, 1.807) is 6.21 Å².